The number of carbonyl (C=O) groups excluding carboxylic acids is 1. The fraction of sp³-hybridized carbons (Fsp3) is 0.391. The van der Waals surface area contributed by atoms with Crippen LogP contribution in [0.3, 0.4) is 0 Å². The van der Waals surface area contributed by atoms with Crippen LogP contribution in [0.15, 0.2) is 50.0 Å². The molecule has 1 aromatic carbocycles. The highest BCUT2D eigenvalue weighted by Crippen LogP contribution is 2.21. The molecular formula is C23H26N2O4. The van der Waals surface area contributed by atoms with Crippen molar-refractivity contribution in [2.75, 3.05) is 19.6 Å². The molecule has 1 saturated heterocycles. The summed E-state index contributed by atoms with van der Waals surface area (Å²) in [7, 11) is 0. The predicted octanol–water partition coefficient (Wildman–Crippen LogP) is 3.64. The van der Waals surface area contributed by atoms with Gasteiger partial charge in [0.05, 0.1) is 5.39 Å². The van der Waals surface area contributed by atoms with E-state index in [9.17, 15) is 9.59 Å². The van der Waals surface area contributed by atoms with E-state index in [0.717, 1.165) is 44.0 Å². The highest BCUT2D eigenvalue weighted by Gasteiger charge is 2.21. The minimum Gasteiger partial charge on any atom is -0.466 e. The maximum atomic E-state index is 12.5. The minimum atomic E-state index is -0.334. The van der Waals surface area contributed by atoms with E-state index >= 15 is 0 Å². The third-order valence-electron chi connectivity index (χ3n) is 5.65. The summed E-state index contributed by atoms with van der Waals surface area (Å²) in [5.74, 6) is 2.11. The molecule has 0 unspecified atom stereocenters. The lowest BCUT2D eigenvalue weighted by molar-refractivity contribution is 0.0908. The van der Waals surface area contributed by atoms with Gasteiger partial charge >= 0.3 is 0 Å². The van der Waals surface area contributed by atoms with Crippen molar-refractivity contribution in [3.05, 3.63) is 69.5 Å². The Morgan fingerprint density at radius 2 is 1.90 bits per heavy atom. The first-order chi connectivity index (χ1) is 14.0. The second-order valence-electron chi connectivity index (χ2n) is 7.84. The maximum absolute atomic E-state index is 12.5. The second-order valence-corrected chi connectivity index (χ2v) is 7.84. The number of benzene rings is 1. The van der Waals surface area contributed by atoms with Crippen LogP contribution in [0.25, 0.3) is 11.0 Å². The molecule has 1 amide bonds. The Morgan fingerprint density at radius 1 is 1.14 bits per heavy atom. The Balaban J connectivity index is 1.30. The first kappa shape index (κ1) is 19.5. The van der Waals surface area contributed by atoms with E-state index in [1.54, 1.807) is 24.3 Å². The molecular weight excluding hydrogens is 368 g/mol. The van der Waals surface area contributed by atoms with Crippen molar-refractivity contribution in [3.8, 4) is 0 Å². The molecule has 1 aliphatic rings. The van der Waals surface area contributed by atoms with Crippen molar-refractivity contribution >= 4 is 16.9 Å². The van der Waals surface area contributed by atoms with Gasteiger partial charge in [0.25, 0.3) is 5.91 Å². The van der Waals surface area contributed by atoms with Crippen molar-refractivity contribution < 1.29 is 13.6 Å². The van der Waals surface area contributed by atoms with Crippen molar-refractivity contribution in [2.45, 2.75) is 33.2 Å². The largest absolute Gasteiger partial charge is 0.466 e. The lowest BCUT2D eigenvalue weighted by Gasteiger charge is -2.31. The van der Waals surface area contributed by atoms with Gasteiger partial charge in [0.15, 0.2) is 11.2 Å². The summed E-state index contributed by atoms with van der Waals surface area (Å²) >= 11 is 0. The minimum absolute atomic E-state index is 0.0666. The van der Waals surface area contributed by atoms with Crippen molar-refractivity contribution in [2.24, 2.45) is 5.92 Å². The number of furan rings is 1. The Hall–Kier alpha value is -2.86. The molecule has 152 valence electrons. The predicted molar refractivity (Wildman–Crippen MR) is 111 cm³/mol. The van der Waals surface area contributed by atoms with Crippen LogP contribution in [0, 0.1) is 19.8 Å². The van der Waals surface area contributed by atoms with Gasteiger partial charge in [0.2, 0.25) is 0 Å². The van der Waals surface area contributed by atoms with E-state index in [0.29, 0.717) is 23.4 Å². The van der Waals surface area contributed by atoms with Crippen LogP contribution in [-0.2, 0) is 6.54 Å². The van der Waals surface area contributed by atoms with Crippen molar-refractivity contribution in [3.63, 3.8) is 0 Å². The van der Waals surface area contributed by atoms with Crippen LogP contribution in [-0.4, -0.2) is 30.4 Å². The van der Waals surface area contributed by atoms with Gasteiger partial charge in [0, 0.05) is 24.7 Å². The monoisotopic (exact) mass is 394 g/mol. The number of likely N-dealkylation sites (tertiary alicyclic amines) is 1. The van der Waals surface area contributed by atoms with Gasteiger partial charge in [-0.3, -0.25) is 14.5 Å². The third kappa shape index (κ3) is 4.43. The lowest BCUT2D eigenvalue weighted by atomic mass is 9.96. The Morgan fingerprint density at radius 3 is 2.62 bits per heavy atom. The summed E-state index contributed by atoms with van der Waals surface area (Å²) in [4.78, 5) is 27.1. The highest BCUT2D eigenvalue weighted by molar-refractivity contribution is 5.93. The van der Waals surface area contributed by atoms with Crippen LogP contribution in [0.2, 0.25) is 0 Å². The molecule has 1 aliphatic heterocycles. The number of fused-ring (bicyclic) bond motifs is 1. The standard InChI is InChI=1S/C23H26N2O4/c1-15-11-18(16(2)28-15)14-25-9-7-17(8-10-25)13-24-23(27)22-12-20(26)19-5-3-4-6-21(19)29-22/h3-6,11-12,17H,7-10,13-14H2,1-2H3,(H,24,27). The number of para-hydroxylation sites is 1. The molecule has 2 aromatic heterocycles. The van der Waals surface area contributed by atoms with E-state index < -0.39 is 0 Å². The summed E-state index contributed by atoms with van der Waals surface area (Å²) < 4.78 is 11.2. The fourth-order valence-electron chi connectivity index (χ4n) is 3.97. The van der Waals surface area contributed by atoms with Crippen LogP contribution >= 0.6 is 0 Å². The van der Waals surface area contributed by atoms with Crippen LogP contribution in [0.4, 0.5) is 0 Å². The van der Waals surface area contributed by atoms with Crippen molar-refractivity contribution in [1.82, 2.24) is 10.2 Å². The van der Waals surface area contributed by atoms with Gasteiger partial charge in [-0.1, -0.05) is 12.1 Å². The van der Waals surface area contributed by atoms with Gasteiger partial charge < -0.3 is 14.2 Å². The summed E-state index contributed by atoms with van der Waals surface area (Å²) in [5.41, 5.74) is 1.49. The molecule has 6 heteroatoms. The number of hydrogen-bond acceptors (Lipinski definition) is 5. The SMILES string of the molecule is Cc1cc(CN2CCC(CNC(=O)c3cc(=O)c4ccccc4o3)CC2)c(C)o1. The first-order valence-corrected chi connectivity index (χ1v) is 10.1. The van der Waals surface area contributed by atoms with E-state index in [-0.39, 0.29) is 17.1 Å². The zero-order chi connectivity index (χ0) is 20.4. The number of aryl methyl sites for hydroxylation is 2. The van der Waals surface area contributed by atoms with Gasteiger partial charge in [0.1, 0.15) is 17.1 Å². The molecule has 0 atom stereocenters. The summed E-state index contributed by atoms with van der Waals surface area (Å²) in [5, 5.41) is 3.42. The first-order valence-electron chi connectivity index (χ1n) is 10.1. The summed E-state index contributed by atoms with van der Waals surface area (Å²) in [6.45, 7) is 7.47. The van der Waals surface area contributed by atoms with Gasteiger partial charge in [-0.25, -0.2) is 0 Å². The molecule has 0 aliphatic carbocycles. The zero-order valence-electron chi connectivity index (χ0n) is 16.9. The lowest BCUT2D eigenvalue weighted by Crippen LogP contribution is -2.38. The number of amides is 1. The molecule has 0 spiro atoms. The van der Waals surface area contributed by atoms with Crippen LogP contribution in [0.5, 0.6) is 0 Å². The summed E-state index contributed by atoms with van der Waals surface area (Å²) in [6.07, 6.45) is 2.05. The van der Waals surface area contributed by atoms with Gasteiger partial charge in [-0.2, -0.15) is 0 Å². The molecule has 29 heavy (non-hydrogen) atoms. The molecule has 6 nitrogen and oxygen atoms in total. The smallest absolute Gasteiger partial charge is 0.287 e. The van der Waals surface area contributed by atoms with E-state index in [1.165, 1.54) is 11.6 Å². The number of hydrogen-bond donors (Lipinski definition) is 1. The molecule has 1 N–H and O–H groups in total. The van der Waals surface area contributed by atoms with Crippen LogP contribution in [0.1, 0.15) is 40.5 Å². The van der Waals surface area contributed by atoms with E-state index in [4.69, 9.17) is 8.83 Å². The normalized spacial score (nSPS) is 15.7. The Labute approximate surface area is 169 Å². The number of nitrogens with one attached hydrogen (secondary N) is 1. The molecule has 1 fully saturated rings. The third-order valence-corrected chi connectivity index (χ3v) is 5.65. The van der Waals surface area contributed by atoms with E-state index in [2.05, 4.69) is 16.3 Å². The Kier molecular flexibility index (Phi) is 5.53. The summed E-state index contributed by atoms with van der Waals surface area (Å²) in [6, 6.07) is 10.3. The molecule has 0 saturated carbocycles. The Bertz CT molecular complexity index is 1070. The molecule has 4 rings (SSSR count). The van der Waals surface area contributed by atoms with Gasteiger partial charge in [-0.15, -0.1) is 0 Å². The molecule has 3 heterocycles. The maximum Gasteiger partial charge on any atom is 0.287 e. The van der Waals surface area contributed by atoms with Crippen molar-refractivity contribution in [1.29, 1.82) is 0 Å². The fourth-order valence-corrected chi connectivity index (χ4v) is 3.97. The average Bonchev–Trinajstić information content (AvgIpc) is 3.04. The van der Waals surface area contributed by atoms with Gasteiger partial charge in [-0.05, 0) is 63.9 Å². The molecule has 3 aromatic rings. The van der Waals surface area contributed by atoms with E-state index in [1.807, 2.05) is 13.8 Å². The number of piperidine rings is 1. The molecule has 0 bridgehead atoms. The zero-order valence-corrected chi connectivity index (χ0v) is 16.9. The topological polar surface area (TPSA) is 75.7 Å². The second kappa shape index (κ2) is 8.25. The highest BCUT2D eigenvalue weighted by atomic mass is 16.3. The average molecular weight is 394 g/mol. The molecule has 0 radical (unpaired) electrons. The number of nitrogens with zero attached hydrogens (tertiary/aromatic N) is 1. The van der Waals surface area contributed by atoms with Crippen LogP contribution < -0.4 is 10.7 Å². The number of carbonyl (C=O) groups is 1. The quantitative estimate of drug-likeness (QED) is 0.715. The number of rotatable bonds is 5.